The molecular weight excluding hydrogens is 422 g/mol. The summed E-state index contributed by atoms with van der Waals surface area (Å²) in [5.74, 6) is 0.154. The van der Waals surface area contributed by atoms with Gasteiger partial charge in [0.15, 0.2) is 23.0 Å². The molecule has 10 nitrogen and oxygen atoms in total. The number of ether oxygens (including phenoxy) is 2. The van der Waals surface area contributed by atoms with Crippen LogP contribution in [0.3, 0.4) is 0 Å². The fourth-order valence-electron chi connectivity index (χ4n) is 2.78. The minimum absolute atomic E-state index is 0.000108. The van der Waals surface area contributed by atoms with Gasteiger partial charge in [-0.1, -0.05) is 6.07 Å². The molecule has 0 aliphatic carbocycles. The summed E-state index contributed by atoms with van der Waals surface area (Å²) in [5.41, 5.74) is 6.30. The molecule has 0 bridgehead atoms. The number of amides is 3. The zero-order chi connectivity index (χ0) is 22.4. The smallest absolute Gasteiger partial charge is 0.293 e. The second-order valence-corrected chi connectivity index (χ2v) is 7.22. The van der Waals surface area contributed by atoms with Gasteiger partial charge in [-0.25, -0.2) is 9.97 Å². The fraction of sp³-hybridized carbons (Fsp3) is 0.250. The second-order valence-electron chi connectivity index (χ2n) is 6.22. The minimum atomic E-state index is -0.533. The highest BCUT2D eigenvalue weighted by Crippen LogP contribution is 2.34. The van der Waals surface area contributed by atoms with E-state index in [2.05, 4.69) is 15.3 Å². The van der Waals surface area contributed by atoms with Crippen molar-refractivity contribution in [2.45, 2.75) is 6.92 Å². The van der Waals surface area contributed by atoms with E-state index in [1.54, 1.807) is 24.3 Å². The highest BCUT2D eigenvalue weighted by molar-refractivity contribution is 8.18. The molecule has 1 aromatic carbocycles. The first-order chi connectivity index (χ1) is 14.9. The number of methoxy groups -OCH3 is 1. The molecule has 31 heavy (non-hydrogen) atoms. The number of anilines is 1. The Morgan fingerprint density at radius 2 is 2.03 bits per heavy atom. The van der Waals surface area contributed by atoms with Gasteiger partial charge in [0.25, 0.3) is 17.1 Å². The quantitative estimate of drug-likeness (QED) is 0.586. The molecule has 0 spiro atoms. The summed E-state index contributed by atoms with van der Waals surface area (Å²) in [6.45, 7) is 2.43. The maximum atomic E-state index is 12.6. The maximum Gasteiger partial charge on any atom is 0.293 e. The molecule has 162 valence electrons. The number of nitrogens with one attached hydrogen (secondary N) is 1. The normalized spacial score (nSPS) is 14.8. The van der Waals surface area contributed by atoms with Crippen LogP contribution in [0.25, 0.3) is 6.08 Å². The minimum Gasteiger partial charge on any atom is -0.493 e. The van der Waals surface area contributed by atoms with E-state index >= 15 is 0 Å². The zero-order valence-corrected chi connectivity index (χ0v) is 17.8. The Kier molecular flexibility index (Phi) is 7.08. The van der Waals surface area contributed by atoms with E-state index < -0.39 is 17.1 Å². The van der Waals surface area contributed by atoms with Crippen molar-refractivity contribution in [1.29, 1.82) is 0 Å². The summed E-state index contributed by atoms with van der Waals surface area (Å²) in [4.78, 5) is 46.1. The van der Waals surface area contributed by atoms with Crippen LogP contribution in [0.4, 0.5) is 10.6 Å². The van der Waals surface area contributed by atoms with Crippen molar-refractivity contribution in [1.82, 2.24) is 20.2 Å². The molecule has 1 saturated heterocycles. The van der Waals surface area contributed by atoms with Gasteiger partial charge >= 0.3 is 0 Å². The summed E-state index contributed by atoms with van der Waals surface area (Å²) in [6, 6.07) is 5.24. The molecule has 3 rings (SSSR count). The summed E-state index contributed by atoms with van der Waals surface area (Å²) in [7, 11) is 1.53. The van der Waals surface area contributed by atoms with Crippen LogP contribution >= 0.6 is 11.8 Å². The Balaban J connectivity index is 1.64. The molecule has 0 radical (unpaired) electrons. The third-order valence-electron chi connectivity index (χ3n) is 4.22. The van der Waals surface area contributed by atoms with Crippen molar-refractivity contribution in [3.8, 4) is 11.5 Å². The third-order valence-corrected chi connectivity index (χ3v) is 5.13. The Labute approximate surface area is 182 Å². The first-order valence-electron chi connectivity index (χ1n) is 9.35. The van der Waals surface area contributed by atoms with Crippen LogP contribution in [0.2, 0.25) is 0 Å². The van der Waals surface area contributed by atoms with Crippen LogP contribution in [-0.4, -0.2) is 58.7 Å². The van der Waals surface area contributed by atoms with Crippen molar-refractivity contribution in [3.63, 3.8) is 0 Å². The predicted molar refractivity (Wildman–Crippen MR) is 116 cm³/mol. The lowest BCUT2D eigenvalue weighted by Crippen LogP contribution is -2.37. The van der Waals surface area contributed by atoms with Crippen molar-refractivity contribution in [2.24, 2.45) is 0 Å². The lowest BCUT2D eigenvalue weighted by atomic mass is 10.2. The molecule has 3 amide bonds. The molecule has 0 atom stereocenters. The van der Waals surface area contributed by atoms with E-state index in [-0.39, 0.29) is 29.5 Å². The van der Waals surface area contributed by atoms with E-state index in [1.165, 1.54) is 19.5 Å². The largest absolute Gasteiger partial charge is 0.493 e. The molecule has 1 fully saturated rings. The monoisotopic (exact) mass is 443 g/mol. The fourth-order valence-corrected chi connectivity index (χ4v) is 3.65. The SMILES string of the molecule is CCOc1ccc(/C=C2\SC(=O)N(CCNC(=O)c3nccnc3N)C2=O)cc1OC. The van der Waals surface area contributed by atoms with Crippen LogP contribution in [-0.2, 0) is 4.79 Å². The maximum absolute atomic E-state index is 12.6. The number of aromatic nitrogens is 2. The highest BCUT2D eigenvalue weighted by atomic mass is 32.2. The van der Waals surface area contributed by atoms with Crippen LogP contribution in [0, 0.1) is 0 Å². The second kappa shape index (κ2) is 9.94. The van der Waals surface area contributed by atoms with Crippen LogP contribution in [0.1, 0.15) is 23.0 Å². The number of hydrogen-bond acceptors (Lipinski definition) is 9. The third kappa shape index (κ3) is 5.12. The summed E-state index contributed by atoms with van der Waals surface area (Å²) >= 11 is 0.834. The van der Waals surface area contributed by atoms with Gasteiger partial charge in [-0.3, -0.25) is 19.3 Å². The van der Waals surface area contributed by atoms with E-state index in [9.17, 15) is 14.4 Å². The van der Waals surface area contributed by atoms with Crippen molar-refractivity contribution >= 4 is 40.7 Å². The molecule has 2 aromatic rings. The lowest BCUT2D eigenvalue weighted by molar-refractivity contribution is -0.122. The average Bonchev–Trinajstić information content (AvgIpc) is 3.02. The van der Waals surface area contributed by atoms with Crippen molar-refractivity contribution < 1.29 is 23.9 Å². The first kappa shape index (κ1) is 22.1. The number of imide groups is 1. The van der Waals surface area contributed by atoms with Gasteiger partial charge in [0.05, 0.1) is 18.6 Å². The number of benzene rings is 1. The molecule has 3 N–H and O–H groups in total. The molecule has 2 heterocycles. The zero-order valence-electron chi connectivity index (χ0n) is 17.0. The predicted octanol–water partition coefficient (Wildman–Crippen LogP) is 1.93. The summed E-state index contributed by atoms with van der Waals surface area (Å²) < 4.78 is 10.8. The Morgan fingerprint density at radius 1 is 1.26 bits per heavy atom. The summed E-state index contributed by atoms with van der Waals surface area (Å²) in [6.07, 6.45) is 4.34. The van der Waals surface area contributed by atoms with Crippen LogP contribution < -0.4 is 20.5 Å². The topological polar surface area (TPSA) is 137 Å². The number of nitrogens with zero attached hydrogens (tertiary/aromatic N) is 3. The van der Waals surface area contributed by atoms with E-state index in [4.69, 9.17) is 15.2 Å². The van der Waals surface area contributed by atoms with Crippen LogP contribution in [0.15, 0.2) is 35.5 Å². The lowest BCUT2D eigenvalue weighted by Gasteiger charge is -2.13. The molecular formula is C20H21N5O5S. The Bertz CT molecular complexity index is 1040. The van der Waals surface area contributed by atoms with Gasteiger partial charge in [-0.2, -0.15) is 0 Å². The number of nitrogen functional groups attached to an aromatic ring is 1. The molecule has 0 unspecified atom stereocenters. The number of nitrogens with two attached hydrogens (primary N) is 1. The number of hydrogen-bond donors (Lipinski definition) is 2. The van der Waals surface area contributed by atoms with Gasteiger partial charge in [-0.05, 0) is 42.5 Å². The standard InChI is InChI=1S/C20H21N5O5S/c1-3-30-13-5-4-12(10-14(13)29-2)11-15-19(27)25(20(28)31-15)9-8-24-18(26)16-17(21)23-7-6-22-16/h4-7,10-11H,3,8-9H2,1-2H3,(H2,21,23)(H,24,26)/b15-11-. The van der Waals surface area contributed by atoms with Gasteiger partial charge in [0.1, 0.15) is 0 Å². The van der Waals surface area contributed by atoms with Gasteiger partial charge < -0.3 is 20.5 Å². The first-order valence-corrected chi connectivity index (χ1v) is 10.2. The number of rotatable bonds is 8. The van der Waals surface area contributed by atoms with Crippen molar-refractivity contribution in [2.75, 3.05) is 32.5 Å². The van der Waals surface area contributed by atoms with E-state index in [0.29, 0.717) is 23.7 Å². The van der Waals surface area contributed by atoms with Gasteiger partial charge in [0, 0.05) is 25.5 Å². The number of thioether (sulfide) groups is 1. The summed E-state index contributed by atoms with van der Waals surface area (Å²) in [5, 5.41) is 2.16. The molecule has 11 heteroatoms. The van der Waals surface area contributed by atoms with E-state index in [0.717, 1.165) is 16.7 Å². The number of carbonyl (C=O) groups is 3. The average molecular weight is 443 g/mol. The molecule has 0 saturated carbocycles. The van der Waals surface area contributed by atoms with E-state index in [1.807, 2.05) is 6.92 Å². The van der Waals surface area contributed by atoms with Gasteiger partial charge in [0.2, 0.25) is 0 Å². The Morgan fingerprint density at radius 3 is 2.74 bits per heavy atom. The van der Waals surface area contributed by atoms with Gasteiger partial charge in [-0.15, -0.1) is 0 Å². The highest BCUT2D eigenvalue weighted by Gasteiger charge is 2.34. The number of carbonyl (C=O) groups excluding carboxylic acids is 3. The molecule has 1 aliphatic rings. The van der Waals surface area contributed by atoms with Crippen molar-refractivity contribution in [3.05, 3.63) is 46.8 Å². The molecule has 1 aromatic heterocycles. The molecule has 1 aliphatic heterocycles. The Hall–Kier alpha value is -3.60. The van der Waals surface area contributed by atoms with Crippen LogP contribution in [0.5, 0.6) is 11.5 Å².